The van der Waals surface area contributed by atoms with E-state index in [9.17, 15) is 36.4 Å². The van der Waals surface area contributed by atoms with Gasteiger partial charge in [-0.1, -0.05) is 40.7 Å². The van der Waals surface area contributed by atoms with E-state index >= 15 is 0 Å². The van der Waals surface area contributed by atoms with Crippen molar-refractivity contribution in [3.8, 4) is 22.2 Å². The zero-order valence-electron chi connectivity index (χ0n) is 36.5. The number of Topliss-reactive ketones (excluding diaryl/α,β-unsaturated/α-hetero) is 1. The maximum atomic E-state index is 15.0. The number of sulfonamides is 1. The number of rotatable bonds is 15. The molecule has 4 aliphatic rings. The zero-order valence-corrected chi connectivity index (χ0v) is 38.1. The standard InChI is InChI=1S/C45H57F2N5O8S2/c1-9-27-20-44(27,42(56)50-62(57,58)29-11-12-29)21-35(53)34-17-28(22-52(34)41(55)31(43(5,6)7)18-38(54)51-16-10-15-45(46,47)24-51)60-37-19-32(40-49-33(23-61-40)25(2)3)48-39-26(4)36(59-8)14-13-30(37)39/h9,13-14,19,23,25,27-29,31,34H,1,10-12,15-18,20-22,24H2,2-8H3,(H,50,56)/t27-,28-,31-,34+,44-/m1/s1. The summed E-state index contributed by atoms with van der Waals surface area (Å²) in [4.78, 5) is 69.5. The van der Waals surface area contributed by atoms with Gasteiger partial charge in [0.05, 0.1) is 54.0 Å². The molecule has 4 fully saturated rings. The maximum Gasteiger partial charge on any atom is 0.265 e. The molecular formula is C45H57F2N5O8S2. The van der Waals surface area contributed by atoms with Gasteiger partial charge in [0, 0.05) is 54.6 Å². The average molecular weight is 898 g/mol. The molecule has 0 bridgehead atoms. The molecule has 336 valence electrons. The number of amides is 3. The van der Waals surface area contributed by atoms with Crippen LogP contribution in [0.15, 0.2) is 36.2 Å². The van der Waals surface area contributed by atoms with Crippen LogP contribution in [0.3, 0.4) is 0 Å². The zero-order chi connectivity index (χ0) is 45.1. The minimum Gasteiger partial charge on any atom is -0.496 e. The summed E-state index contributed by atoms with van der Waals surface area (Å²) in [5.41, 5.74) is 0.649. The second-order valence-electron chi connectivity index (χ2n) is 18.9. The fraction of sp³-hybridized carbons (Fsp3) is 0.600. The number of fused-ring (bicyclic) bond motifs is 1. The predicted molar refractivity (Wildman–Crippen MR) is 232 cm³/mol. The number of ketones is 1. The van der Waals surface area contributed by atoms with E-state index in [0.717, 1.165) is 16.2 Å². The molecule has 0 unspecified atom stereocenters. The number of thiazole rings is 1. The number of aromatic nitrogens is 2. The highest BCUT2D eigenvalue weighted by molar-refractivity contribution is 7.90. The molecule has 2 saturated carbocycles. The molecule has 2 aromatic heterocycles. The molecule has 17 heteroatoms. The van der Waals surface area contributed by atoms with Crippen molar-refractivity contribution in [1.82, 2.24) is 24.5 Å². The van der Waals surface area contributed by atoms with Crippen LogP contribution in [0, 0.1) is 29.6 Å². The molecule has 13 nitrogen and oxygen atoms in total. The summed E-state index contributed by atoms with van der Waals surface area (Å²) < 4.78 is 69.3. The van der Waals surface area contributed by atoms with E-state index < -0.39 is 86.1 Å². The van der Waals surface area contributed by atoms with Crippen LogP contribution in [0.2, 0.25) is 0 Å². The number of allylic oxidation sites excluding steroid dienone is 1. The summed E-state index contributed by atoms with van der Waals surface area (Å²) in [5.74, 6) is -5.59. The fourth-order valence-corrected chi connectivity index (χ4v) is 11.2. The van der Waals surface area contributed by atoms with Crippen LogP contribution in [0.4, 0.5) is 8.78 Å². The highest BCUT2D eigenvalue weighted by atomic mass is 32.2. The van der Waals surface area contributed by atoms with Crippen LogP contribution in [0.25, 0.3) is 21.6 Å². The highest BCUT2D eigenvalue weighted by Crippen LogP contribution is 2.57. The van der Waals surface area contributed by atoms with Crippen LogP contribution >= 0.6 is 11.3 Å². The topological polar surface area (TPSA) is 165 Å². The monoisotopic (exact) mass is 897 g/mol. The van der Waals surface area contributed by atoms with Crippen molar-refractivity contribution in [2.24, 2.45) is 22.7 Å². The summed E-state index contributed by atoms with van der Waals surface area (Å²) in [7, 11) is -2.35. The van der Waals surface area contributed by atoms with Gasteiger partial charge in [0.2, 0.25) is 27.7 Å². The fourth-order valence-electron chi connectivity index (χ4n) is 8.84. The van der Waals surface area contributed by atoms with E-state index in [0.29, 0.717) is 45.9 Å². The number of piperidine rings is 1. The minimum absolute atomic E-state index is 0.0214. The van der Waals surface area contributed by atoms with E-state index in [1.165, 1.54) is 16.2 Å². The lowest BCUT2D eigenvalue weighted by Crippen LogP contribution is -2.51. The van der Waals surface area contributed by atoms with Gasteiger partial charge in [0.15, 0.2) is 5.78 Å². The van der Waals surface area contributed by atoms with Gasteiger partial charge >= 0.3 is 0 Å². The molecule has 1 aromatic carbocycles. The van der Waals surface area contributed by atoms with Crippen LogP contribution in [-0.4, -0.2) is 102 Å². The van der Waals surface area contributed by atoms with Gasteiger partial charge in [-0.3, -0.25) is 23.9 Å². The van der Waals surface area contributed by atoms with Crippen molar-refractivity contribution < 1.29 is 45.9 Å². The Labute approximate surface area is 366 Å². The Bertz CT molecular complexity index is 2390. The number of carbonyl (C=O) groups is 4. The number of nitrogens with zero attached hydrogens (tertiary/aromatic N) is 4. The van der Waals surface area contributed by atoms with Gasteiger partial charge in [0.1, 0.15) is 28.3 Å². The number of likely N-dealkylation sites (tertiary alicyclic amines) is 2. The third-order valence-electron chi connectivity index (χ3n) is 12.9. The number of alkyl halides is 2. The summed E-state index contributed by atoms with van der Waals surface area (Å²) in [6.45, 7) is 14.6. The molecule has 0 radical (unpaired) electrons. The van der Waals surface area contributed by atoms with Crippen molar-refractivity contribution in [1.29, 1.82) is 0 Å². The Balaban J connectivity index is 1.23. The van der Waals surface area contributed by atoms with Gasteiger partial charge in [-0.15, -0.1) is 17.9 Å². The normalized spacial score (nSPS) is 24.2. The average Bonchev–Trinajstić information content (AvgIpc) is 4.08. The smallest absolute Gasteiger partial charge is 0.265 e. The Hall–Kier alpha value is -4.51. The van der Waals surface area contributed by atoms with E-state index in [4.69, 9.17) is 19.4 Å². The molecule has 4 heterocycles. The van der Waals surface area contributed by atoms with Gasteiger partial charge < -0.3 is 19.3 Å². The molecule has 2 aliphatic carbocycles. The molecule has 0 spiro atoms. The first-order chi connectivity index (χ1) is 29.1. The third kappa shape index (κ3) is 9.25. The second-order valence-corrected chi connectivity index (χ2v) is 21.7. The Kier molecular flexibility index (Phi) is 12.4. The number of nitrogens with one attached hydrogen (secondary N) is 1. The lowest BCUT2D eigenvalue weighted by molar-refractivity contribution is -0.151. The van der Waals surface area contributed by atoms with Crippen LogP contribution < -0.4 is 14.2 Å². The lowest BCUT2D eigenvalue weighted by atomic mass is 9.77. The first kappa shape index (κ1) is 45.5. The largest absolute Gasteiger partial charge is 0.496 e. The number of ether oxygens (including phenoxy) is 2. The number of aryl methyl sites for hydroxylation is 1. The van der Waals surface area contributed by atoms with E-state index in [1.54, 1.807) is 40.0 Å². The Morgan fingerprint density at radius 1 is 1.13 bits per heavy atom. The van der Waals surface area contributed by atoms with E-state index in [2.05, 4.69) is 25.1 Å². The van der Waals surface area contributed by atoms with E-state index in [-0.39, 0.29) is 57.5 Å². The first-order valence-corrected chi connectivity index (χ1v) is 23.8. The molecule has 3 aromatic rings. The predicted octanol–water partition coefficient (Wildman–Crippen LogP) is 7.22. The van der Waals surface area contributed by atoms with E-state index in [1.807, 2.05) is 24.4 Å². The molecule has 5 atom stereocenters. The Morgan fingerprint density at radius 3 is 2.45 bits per heavy atom. The maximum absolute atomic E-state index is 15.0. The number of halogens is 2. The number of carbonyl (C=O) groups excluding carboxylic acids is 4. The SMILES string of the molecule is C=C[C@@H]1C[C@]1(CC(=O)[C@@H]1C[C@@H](Oc2cc(-c3nc(C(C)C)cs3)nc3c(C)c(OC)ccc23)CN1C(=O)[C@@H](CC(=O)N1CCCC(F)(F)C1)C(C)(C)C)C(=O)NS(=O)(=O)C1CC1. The first-order valence-electron chi connectivity index (χ1n) is 21.4. The van der Waals surface area contributed by atoms with Crippen LogP contribution in [-0.2, 0) is 29.2 Å². The van der Waals surface area contributed by atoms with Crippen molar-refractivity contribution in [3.05, 3.63) is 47.5 Å². The number of benzene rings is 1. The number of pyridine rings is 1. The summed E-state index contributed by atoms with van der Waals surface area (Å²) in [6, 6.07) is 4.32. The number of hydrogen-bond donors (Lipinski definition) is 1. The van der Waals surface area contributed by atoms with Crippen molar-refractivity contribution in [2.75, 3.05) is 26.7 Å². The molecule has 7 rings (SSSR count). The van der Waals surface area contributed by atoms with Crippen molar-refractivity contribution in [2.45, 2.75) is 122 Å². The van der Waals surface area contributed by atoms with Gasteiger partial charge in [-0.2, -0.15) is 0 Å². The molecule has 1 N–H and O–H groups in total. The molecule has 3 amide bonds. The summed E-state index contributed by atoms with van der Waals surface area (Å²) in [5, 5.41) is 2.67. The molecule has 2 saturated heterocycles. The molecule has 62 heavy (non-hydrogen) atoms. The second kappa shape index (κ2) is 16.9. The van der Waals surface area contributed by atoms with Crippen molar-refractivity contribution in [3.63, 3.8) is 0 Å². The van der Waals surface area contributed by atoms with Crippen LogP contribution in [0.5, 0.6) is 11.5 Å². The van der Waals surface area contributed by atoms with Crippen molar-refractivity contribution >= 4 is 55.8 Å². The van der Waals surface area contributed by atoms with Gasteiger partial charge in [0.25, 0.3) is 5.92 Å². The Morgan fingerprint density at radius 2 is 1.85 bits per heavy atom. The van der Waals surface area contributed by atoms with Gasteiger partial charge in [-0.05, 0) is 62.0 Å². The van der Waals surface area contributed by atoms with Crippen LogP contribution in [0.1, 0.15) is 103 Å². The number of methoxy groups -OCH3 is 1. The van der Waals surface area contributed by atoms with Gasteiger partial charge in [-0.25, -0.2) is 27.2 Å². The molecule has 2 aliphatic heterocycles. The summed E-state index contributed by atoms with van der Waals surface area (Å²) >= 11 is 1.45. The quantitative estimate of drug-likeness (QED) is 0.154. The minimum atomic E-state index is -3.92. The lowest BCUT2D eigenvalue weighted by Gasteiger charge is -2.37. The molecular weight excluding hydrogens is 841 g/mol. The third-order valence-corrected chi connectivity index (χ3v) is 15.6. The highest BCUT2D eigenvalue weighted by Gasteiger charge is 2.61. The number of hydrogen-bond acceptors (Lipinski definition) is 11. The summed E-state index contributed by atoms with van der Waals surface area (Å²) in [6.07, 6.45) is 1.01.